The molecular formula is C17H32N2. The van der Waals surface area contributed by atoms with Crippen molar-refractivity contribution in [3.63, 3.8) is 0 Å². The van der Waals surface area contributed by atoms with Crippen molar-refractivity contribution in [3.05, 3.63) is 0 Å². The average Bonchev–Trinajstić information content (AvgIpc) is 3.09. The van der Waals surface area contributed by atoms with E-state index in [4.69, 9.17) is 0 Å². The van der Waals surface area contributed by atoms with Gasteiger partial charge in [0.15, 0.2) is 0 Å². The third-order valence-electron chi connectivity index (χ3n) is 6.13. The number of hydrogen-bond acceptors (Lipinski definition) is 2. The van der Waals surface area contributed by atoms with E-state index in [-0.39, 0.29) is 0 Å². The topological polar surface area (TPSA) is 15.3 Å². The Morgan fingerprint density at radius 1 is 1.00 bits per heavy atom. The normalized spacial score (nSPS) is 31.6. The van der Waals surface area contributed by atoms with E-state index in [1.807, 2.05) is 0 Å². The van der Waals surface area contributed by atoms with Crippen LogP contribution in [0.3, 0.4) is 0 Å². The largest absolute Gasteiger partial charge is 0.315 e. The molecular weight excluding hydrogens is 232 g/mol. The quantitative estimate of drug-likeness (QED) is 0.835. The monoisotopic (exact) mass is 264 g/mol. The molecule has 2 aliphatic carbocycles. The molecule has 0 aromatic carbocycles. The van der Waals surface area contributed by atoms with Crippen LogP contribution in [0, 0.1) is 5.41 Å². The lowest BCUT2D eigenvalue weighted by molar-refractivity contribution is 0.0657. The van der Waals surface area contributed by atoms with Crippen molar-refractivity contribution in [3.8, 4) is 0 Å². The van der Waals surface area contributed by atoms with E-state index < -0.39 is 0 Å². The first-order valence-corrected chi connectivity index (χ1v) is 8.79. The van der Waals surface area contributed by atoms with Gasteiger partial charge >= 0.3 is 0 Å². The molecule has 110 valence electrons. The highest BCUT2D eigenvalue weighted by atomic mass is 15.2. The summed E-state index contributed by atoms with van der Waals surface area (Å²) in [7, 11) is 0. The molecule has 19 heavy (non-hydrogen) atoms. The van der Waals surface area contributed by atoms with Crippen LogP contribution in [0.1, 0.15) is 71.1 Å². The lowest BCUT2D eigenvalue weighted by Crippen LogP contribution is -2.47. The van der Waals surface area contributed by atoms with Gasteiger partial charge in [-0.3, -0.25) is 4.90 Å². The van der Waals surface area contributed by atoms with Crippen LogP contribution in [0.2, 0.25) is 0 Å². The molecule has 1 N–H and O–H groups in total. The molecule has 1 heterocycles. The summed E-state index contributed by atoms with van der Waals surface area (Å²) in [5.41, 5.74) is 0.794. The Kier molecular flexibility index (Phi) is 4.48. The standard InChI is InChI=1S/C17H32N2/c1-2-13-19(16-7-12-18-14-16)15-5-10-17(11-6-15)8-3-4-9-17/h15-16,18H,2-14H2,1H3. The molecule has 3 fully saturated rings. The summed E-state index contributed by atoms with van der Waals surface area (Å²) in [4.78, 5) is 2.88. The second-order valence-corrected chi connectivity index (χ2v) is 7.32. The van der Waals surface area contributed by atoms with Crippen molar-refractivity contribution in [2.45, 2.75) is 83.2 Å². The molecule has 0 radical (unpaired) electrons. The Hall–Kier alpha value is -0.0800. The average molecular weight is 264 g/mol. The first-order valence-electron chi connectivity index (χ1n) is 8.79. The number of hydrogen-bond donors (Lipinski definition) is 1. The van der Waals surface area contributed by atoms with Gasteiger partial charge in [0.25, 0.3) is 0 Å². The van der Waals surface area contributed by atoms with E-state index in [9.17, 15) is 0 Å². The Morgan fingerprint density at radius 3 is 2.32 bits per heavy atom. The Balaban J connectivity index is 1.58. The van der Waals surface area contributed by atoms with Crippen LogP contribution < -0.4 is 5.32 Å². The minimum atomic E-state index is 0.794. The van der Waals surface area contributed by atoms with Crippen LogP contribution >= 0.6 is 0 Å². The van der Waals surface area contributed by atoms with Gasteiger partial charge < -0.3 is 5.32 Å². The maximum Gasteiger partial charge on any atom is 0.0235 e. The third kappa shape index (κ3) is 3.00. The van der Waals surface area contributed by atoms with Gasteiger partial charge in [0.1, 0.15) is 0 Å². The molecule has 1 unspecified atom stereocenters. The van der Waals surface area contributed by atoms with Crippen molar-refractivity contribution in [1.29, 1.82) is 0 Å². The molecule has 3 aliphatic rings. The highest BCUT2D eigenvalue weighted by molar-refractivity contribution is 4.94. The number of nitrogens with one attached hydrogen (secondary N) is 1. The van der Waals surface area contributed by atoms with E-state index in [0.29, 0.717) is 0 Å². The predicted molar refractivity (Wildman–Crippen MR) is 81.4 cm³/mol. The SMILES string of the molecule is CCCN(C1CCC2(CCCC2)CC1)C1CCNC1. The second-order valence-electron chi connectivity index (χ2n) is 7.32. The first-order chi connectivity index (χ1) is 9.33. The van der Waals surface area contributed by atoms with E-state index in [2.05, 4.69) is 17.1 Å². The van der Waals surface area contributed by atoms with Gasteiger partial charge in [0, 0.05) is 18.6 Å². The molecule has 0 bridgehead atoms. The second kappa shape index (κ2) is 6.13. The van der Waals surface area contributed by atoms with Crippen molar-refractivity contribution >= 4 is 0 Å². The minimum absolute atomic E-state index is 0.794. The Bertz CT molecular complexity index is 267. The highest BCUT2D eigenvalue weighted by Crippen LogP contribution is 2.49. The molecule has 2 saturated carbocycles. The summed E-state index contributed by atoms with van der Waals surface area (Å²) in [6, 6.07) is 1.73. The van der Waals surface area contributed by atoms with Crippen molar-refractivity contribution in [2.75, 3.05) is 19.6 Å². The highest BCUT2D eigenvalue weighted by Gasteiger charge is 2.40. The fraction of sp³-hybridized carbons (Fsp3) is 1.00. The Labute approximate surface area is 119 Å². The van der Waals surface area contributed by atoms with E-state index in [1.165, 1.54) is 71.0 Å². The van der Waals surface area contributed by atoms with E-state index in [0.717, 1.165) is 17.5 Å². The molecule has 1 spiro atoms. The molecule has 3 rings (SSSR count). The smallest absolute Gasteiger partial charge is 0.0235 e. The third-order valence-corrected chi connectivity index (χ3v) is 6.13. The van der Waals surface area contributed by atoms with Crippen LogP contribution in [0.4, 0.5) is 0 Å². The summed E-state index contributed by atoms with van der Waals surface area (Å²) in [6.45, 7) is 6.14. The molecule has 0 amide bonds. The van der Waals surface area contributed by atoms with Crippen LogP contribution in [-0.4, -0.2) is 36.6 Å². The fourth-order valence-electron chi connectivity index (χ4n) is 5.02. The maximum atomic E-state index is 3.56. The minimum Gasteiger partial charge on any atom is -0.315 e. The predicted octanol–water partition coefficient (Wildman–Crippen LogP) is 3.56. The summed E-state index contributed by atoms with van der Waals surface area (Å²) < 4.78 is 0. The van der Waals surface area contributed by atoms with Crippen molar-refractivity contribution in [1.82, 2.24) is 10.2 Å². The molecule has 0 aromatic rings. The summed E-state index contributed by atoms with van der Waals surface area (Å²) >= 11 is 0. The van der Waals surface area contributed by atoms with E-state index in [1.54, 1.807) is 12.8 Å². The van der Waals surface area contributed by atoms with Gasteiger partial charge in [-0.1, -0.05) is 19.8 Å². The zero-order chi connectivity index (χ0) is 13.1. The maximum absolute atomic E-state index is 3.56. The van der Waals surface area contributed by atoms with Gasteiger partial charge in [-0.25, -0.2) is 0 Å². The van der Waals surface area contributed by atoms with Crippen molar-refractivity contribution in [2.24, 2.45) is 5.41 Å². The molecule has 0 aromatic heterocycles. The Morgan fingerprint density at radius 2 is 1.74 bits per heavy atom. The fourth-order valence-corrected chi connectivity index (χ4v) is 5.02. The lowest BCUT2D eigenvalue weighted by Gasteiger charge is -2.44. The molecule has 2 heteroatoms. The zero-order valence-electron chi connectivity index (χ0n) is 12.8. The number of nitrogens with zero attached hydrogens (tertiary/aromatic N) is 1. The zero-order valence-corrected chi connectivity index (χ0v) is 12.8. The van der Waals surface area contributed by atoms with Crippen LogP contribution in [0.5, 0.6) is 0 Å². The molecule has 1 aliphatic heterocycles. The van der Waals surface area contributed by atoms with Crippen LogP contribution in [-0.2, 0) is 0 Å². The summed E-state index contributed by atoms with van der Waals surface area (Å²) in [5, 5.41) is 3.56. The van der Waals surface area contributed by atoms with Gasteiger partial charge in [-0.05, 0) is 69.9 Å². The van der Waals surface area contributed by atoms with Gasteiger partial charge in [0.05, 0.1) is 0 Å². The first kappa shape index (κ1) is 13.9. The number of rotatable bonds is 4. The summed E-state index contributed by atoms with van der Waals surface area (Å²) in [6.07, 6.45) is 14.8. The van der Waals surface area contributed by atoms with Crippen LogP contribution in [0.15, 0.2) is 0 Å². The van der Waals surface area contributed by atoms with Crippen LogP contribution in [0.25, 0.3) is 0 Å². The van der Waals surface area contributed by atoms with Crippen molar-refractivity contribution < 1.29 is 0 Å². The van der Waals surface area contributed by atoms with Gasteiger partial charge in [-0.15, -0.1) is 0 Å². The summed E-state index contributed by atoms with van der Waals surface area (Å²) in [5.74, 6) is 0. The van der Waals surface area contributed by atoms with E-state index >= 15 is 0 Å². The van der Waals surface area contributed by atoms with Gasteiger partial charge in [-0.2, -0.15) is 0 Å². The lowest BCUT2D eigenvalue weighted by atomic mass is 9.71. The molecule has 1 saturated heterocycles. The molecule has 2 nitrogen and oxygen atoms in total. The molecule has 1 atom stereocenters. The van der Waals surface area contributed by atoms with Gasteiger partial charge in [0.2, 0.25) is 0 Å².